The van der Waals surface area contributed by atoms with Gasteiger partial charge in [0.15, 0.2) is 0 Å². The summed E-state index contributed by atoms with van der Waals surface area (Å²) < 4.78 is 13.8. The van der Waals surface area contributed by atoms with E-state index in [0.29, 0.717) is 6.04 Å². The van der Waals surface area contributed by atoms with Crippen molar-refractivity contribution < 1.29 is 4.39 Å². The van der Waals surface area contributed by atoms with Gasteiger partial charge in [-0.05, 0) is 49.7 Å². The highest BCUT2D eigenvalue weighted by molar-refractivity contribution is 5.92. The molecule has 1 aliphatic heterocycles. The highest BCUT2D eigenvalue weighted by atomic mass is 19.1. The summed E-state index contributed by atoms with van der Waals surface area (Å²) in [4.78, 5) is 13.6. The van der Waals surface area contributed by atoms with Crippen molar-refractivity contribution in [3.8, 4) is 0 Å². The predicted octanol–water partition coefficient (Wildman–Crippen LogP) is 3.96. The molecule has 1 saturated heterocycles. The van der Waals surface area contributed by atoms with Gasteiger partial charge in [0.05, 0.1) is 5.52 Å². The predicted molar refractivity (Wildman–Crippen MR) is 103 cm³/mol. The van der Waals surface area contributed by atoms with Gasteiger partial charge in [-0.25, -0.2) is 4.39 Å². The summed E-state index contributed by atoms with van der Waals surface area (Å²) in [5.74, 6) is -0.215. The number of benzene rings is 1. The van der Waals surface area contributed by atoms with Crippen LogP contribution in [0.1, 0.15) is 24.2 Å². The van der Waals surface area contributed by atoms with Gasteiger partial charge < -0.3 is 4.90 Å². The largest absolute Gasteiger partial charge is 0.368 e. The van der Waals surface area contributed by atoms with Crippen LogP contribution in [0.25, 0.3) is 10.9 Å². The molecule has 134 valence electrons. The summed E-state index contributed by atoms with van der Waals surface area (Å²) in [6.45, 7) is 7.99. The SMILES string of the molecule is Cc1cc(N2CCN(C(C)c3cccnc3)CC2)c2cc(F)ccc2n1. The lowest BCUT2D eigenvalue weighted by Gasteiger charge is -2.39. The smallest absolute Gasteiger partial charge is 0.124 e. The molecule has 0 radical (unpaired) electrons. The molecule has 26 heavy (non-hydrogen) atoms. The zero-order valence-electron chi connectivity index (χ0n) is 15.2. The third kappa shape index (κ3) is 3.27. The van der Waals surface area contributed by atoms with Gasteiger partial charge in [0.25, 0.3) is 0 Å². The Morgan fingerprint density at radius 2 is 1.88 bits per heavy atom. The van der Waals surface area contributed by atoms with Gasteiger partial charge in [0, 0.05) is 61.4 Å². The van der Waals surface area contributed by atoms with Gasteiger partial charge in [-0.15, -0.1) is 0 Å². The van der Waals surface area contributed by atoms with Crippen LogP contribution in [0, 0.1) is 12.7 Å². The van der Waals surface area contributed by atoms with Crippen molar-refractivity contribution in [2.75, 3.05) is 31.1 Å². The number of halogens is 1. The monoisotopic (exact) mass is 350 g/mol. The van der Waals surface area contributed by atoms with Crippen LogP contribution in [-0.2, 0) is 0 Å². The number of nitrogens with zero attached hydrogens (tertiary/aromatic N) is 4. The number of piperazine rings is 1. The lowest BCUT2D eigenvalue weighted by Crippen LogP contribution is -2.47. The Hall–Kier alpha value is -2.53. The molecule has 5 heteroatoms. The molecular formula is C21H23FN4. The van der Waals surface area contributed by atoms with E-state index in [1.165, 1.54) is 11.6 Å². The van der Waals surface area contributed by atoms with Crippen molar-refractivity contribution in [1.82, 2.24) is 14.9 Å². The first-order valence-electron chi connectivity index (χ1n) is 9.07. The van der Waals surface area contributed by atoms with Crippen molar-refractivity contribution in [3.63, 3.8) is 0 Å². The Morgan fingerprint density at radius 3 is 2.62 bits per heavy atom. The van der Waals surface area contributed by atoms with Crippen LogP contribution in [0.5, 0.6) is 0 Å². The molecule has 2 aromatic heterocycles. The van der Waals surface area contributed by atoms with Gasteiger partial charge in [-0.3, -0.25) is 14.9 Å². The lowest BCUT2D eigenvalue weighted by molar-refractivity contribution is 0.198. The van der Waals surface area contributed by atoms with Crippen LogP contribution in [0.2, 0.25) is 0 Å². The van der Waals surface area contributed by atoms with E-state index in [4.69, 9.17) is 0 Å². The first-order valence-corrected chi connectivity index (χ1v) is 9.07. The van der Waals surface area contributed by atoms with Crippen LogP contribution in [0.4, 0.5) is 10.1 Å². The molecule has 0 bridgehead atoms. The van der Waals surface area contributed by atoms with Crippen molar-refractivity contribution in [1.29, 1.82) is 0 Å². The molecule has 0 amide bonds. The number of hydrogen-bond acceptors (Lipinski definition) is 4. The van der Waals surface area contributed by atoms with E-state index in [9.17, 15) is 4.39 Å². The fourth-order valence-electron chi connectivity index (χ4n) is 3.75. The Kier molecular flexibility index (Phi) is 4.55. The van der Waals surface area contributed by atoms with Crippen LogP contribution in [0.3, 0.4) is 0 Å². The average Bonchev–Trinajstić information content (AvgIpc) is 2.68. The van der Waals surface area contributed by atoms with Gasteiger partial charge in [-0.2, -0.15) is 0 Å². The Bertz CT molecular complexity index is 905. The highest BCUT2D eigenvalue weighted by Gasteiger charge is 2.23. The Labute approximate surface area is 153 Å². The van der Waals surface area contributed by atoms with E-state index in [-0.39, 0.29) is 5.82 Å². The summed E-state index contributed by atoms with van der Waals surface area (Å²) in [5.41, 5.74) is 4.15. The Balaban J connectivity index is 1.55. The molecule has 0 N–H and O–H groups in total. The summed E-state index contributed by atoms with van der Waals surface area (Å²) in [6.07, 6.45) is 3.75. The molecule has 0 aliphatic carbocycles. The molecule has 1 unspecified atom stereocenters. The summed E-state index contributed by atoms with van der Waals surface area (Å²) in [6, 6.07) is 11.4. The van der Waals surface area contributed by atoms with Crippen molar-refractivity contribution in [3.05, 3.63) is 65.9 Å². The number of rotatable bonds is 3. The van der Waals surface area contributed by atoms with E-state index in [1.54, 1.807) is 12.1 Å². The van der Waals surface area contributed by atoms with Gasteiger partial charge >= 0.3 is 0 Å². The molecule has 3 aromatic rings. The van der Waals surface area contributed by atoms with Gasteiger partial charge in [0.1, 0.15) is 5.82 Å². The standard InChI is InChI=1S/C21H23FN4/c1-15-12-21(19-13-18(22)5-6-20(19)24-15)26-10-8-25(9-11-26)16(2)17-4-3-7-23-14-17/h3-7,12-14,16H,8-11H2,1-2H3. The zero-order valence-corrected chi connectivity index (χ0v) is 15.2. The summed E-state index contributed by atoms with van der Waals surface area (Å²) >= 11 is 0. The van der Waals surface area contributed by atoms with E-state index >= 15 is 0 Å². The third-order valence-corrected chi connectivity index (χ3v) is 5.25. The minimum Gasteiger partial charge on any atom is -0.368 e. The van der Waals surface area contributed by atoms with E-state index < -0.39 is 0 Å². The second kappa shape index (κ2) is 7.00. The number of aromatic nitrogens is 2. The number of fused-ring (bicyclic) bond motifs is 1. The summed E-state index contributed by atoms with van der Waals surface area (Å²) in [5, 5.41) is 0.893. The third-order valence-electron chi connectivity index (χ3n) is 5.25. The topological polar surface area (TPSA) is 32.3 Å². The molecule has 4 nitrogen and oxygen atoms in total. The molecule has 3 heterocycles. The number of anilines is 1. The number of hydrogen-bond donors (Lipinski definition) is 0. The van der Waals surface area contributed by atoms with Crippen LogP contribution in [-0.4, -0.2) is 41.0 Å². The quantitative estimate of drug-likeness (QED) is 0.716. The second-order valence-corrected chi connectivity index (χ2v) is 6.93. The van der Waals surface area contributed by atoms with Gasteiger partial charge in [-0.1, -0.05) is 6.07 Å². The first-order chi connectivity index (χ1) is 12.6. The maximum atomic E-state index is 13.8. The van der Waals surface area contributed by atoms with Crippen LogP contribution < -0.4 is 4.90 Å². The fourth-order valence-corrected chi connectivity index (χ4v) is 3.75. The zero-order chi connectivity index (χ0) is 18.1. The molecule has 0 spiro atoms. The van der Waals surface area contributed by atoms with E-state index in [0.717, 1.165) is 48.5 Å². The number of aryl methyl sites for hydroxylation is 1. The van der Waals surface area contributed by atoms with Crippen molar-refractivity contribution >= 4 is 16.6 Å². The number of pyridine rings is 2. The highest BCUT2D eigenvalue weighted by Crippen LogP contribution is 2.29. The van der Waals surface area contributed by atoms with Crippen LogP contribution >= 0.6 is 0 Å². The lowest BCUT2D eigenvalue weighted by atomic mass is 10.1. The molecular weight excluding hydrogens is 327 g/mol. The van der Waals surface area contributed by atoms with Gasteiger partial charge in [0.2, 0.25) is 0 Å². The molecule has 1 atom stereocenters. The first kappa shape index (κ1) is 16.9. The van der Waals surface area contributed by atoms with Crippen LogP contribution in [0.15, 0.2) is 48.8 Å². The Morgan fingerprint density at radius 1 is 1.08 bits per heavy atom. The minimum atomic E-state index is -0.215. The molecule has 1 fully saturated rings. The van der Waals surface area contributed by atoms with E-state index in [1.807, 2.05) is 25.4 Å². The minimum absolute atomic E-state index is 0.215. The maximum absolute atomic E-state index is 13.8. The van der Waals surface area contributed by atoms with E-state index in [2.05, 4.69) is 38.8 Å². The average molecular weight is 350 g/mol. The molecule has 1 aromatic carbocycles. The second-order valence-electron chi connectivity index (χ2n) is 6.93. The van der Waals surface area contributed by atoms with Crippen molar-refractivity contribution in [2.24, 2.45) is 0 Å². The fraction of sp³-hybridized carbons (Fsp3) is 0.333. The normalized spacial score (nSPS) is 16.8. The summed E-state index contributed by atoms with van der Waals surface area (Å²) in [7, 11) is 0. The molecule has 4 rings (SSSR count). The molecule has 0 saturated carbocycles. The molecule has 1 aliphatic rings. The maximum Gasteiger partial charge on any atom is 0.124 e. The van der Waals surface area contributed by atoms with Crippen molar-refractivity contribution in [2.45, 2.75) is 19.9 Å².